The van der Waals surface area contributed by atoms with Crippen molar-refractivity contribution in [2.75, 3.05) is 0 Å². The van der Waals surface area contributed by atoms with Crippen molar-refractivity contribution in [3.8, 4) is 23.0 Å². The summed E-state index contributed by atoms with van der Waals surface area (Å²) < 4.78 is 37.6. The average Bonchev–Trinajstić information content (AvgIpc) is 3.56. The van der Waals surface area contributed by atoms with Crippen molar-refractivity contribution in [2.45, 2.75) is 77.6 Å². The number of hydrogen-bond donors (Lipinski definition) is 0. The molecule has 0 atom stereocenters. The van der Waals surface area contributed by atoms with E-state index in [4.69, 9.17) is 13.8 Å². The Morgan fingerprint density at radius 3 is 2.14 bits per heavy atom. The van der Waals surface area contributed by atoms with Crippen molar-refractivity contribution in [1.29, 1.82) is 0 Å². The molecule has 1 aliphatic rings. The summed E-state index contributed by atoms with van der Waals surface area (Å²) in [5.74, 6) is 2.24. The number of rotatable bonds is 4. The maximum atomic E-state index is 8.22. The second kappa shape index (κ2) is 11.2. The molecule has 0 bridgehead atoms. The molecule has 0 unspecified atom stereocenters. The van der Waals surface area contributed by atoms with Crippen LogP contribution in [0.4, 0.5) is 0 Å². The van der Waals surface area contributed by atoms with Gasteiger partial charge in [-0.05, 0) is 51.8 Å². The maximum absolute atomic E-state index is 8.22. The van der Waals surface area contributed by atoms with E-state index in [9.17, 15) is 0 Å². The molecule has 3 aromatic heterocycles. The van der Waals surface area contributed by atoms with Gasteiger partial charge in [-0.3, -0.25) is 0 Å². The molecule has 0 fully saturated rings. The number of aromatic nitrogens is 4. The number of aryl methyl sites for hydroxylation is 1. The summed E-state index contributed by atoms with van der Waals surface area (Å²) in [7, 11) is 0. The summed E-state index contributed by atoms with van der Waals surface area (Å²) in [6.07, 6.45) is 4.21. The van der Waals surface area contributed by atoms with Crippen LogP contribution in [0.5, 0.6) is 11.5 Å². The standard InChI is InChI=1S/C43H44N4O.Pt/c1-41(2,3)28-18-21-44-40(22-28)47-38-24-31(48-30-13-11-12-29(23-30)46-27-45(8)36-14-9-10-15-37(36)46)16-17-32(38)33-25-34-35(26-39(33)47)43(6,7)20-19-42(34,4)5;/h9-18,21-26H,19-20H2,1-8H3;/i8D3;. The van der Waals surface area contributed by atoms with Crippen molar-refractivity contribution in [3.05, 3.63) is 118 Å². The first-order valence-corrected chi connectivity index (χ1v) is 18.1. The summed E-state index contributed by atoms with van der Waals surface area (Å²) in [5.41, 5.74) is 8.62. The van der Waals surface area contributed by atoms with Gasteiger partial charge in [0.15, 0.2) is 0 Å². The average molecular weight is 831 g/mol. The third kappa shape index (κ3) is 5.24. The van der Waals surface area contributed by atoms with Crippen LogP contribution in [0.15, 0.2) is 97.2 Å². The molecule has 4 aromatic carbocycles. The summed E-state index contributed by atoms with van der Waals surface area (Å²) in [6, 6.07) is 31.0. The van der Waals surface area contributed by atoms with Crippen molar-refractivity contribution in [3.63, 3.8) is 0 Å². The zero-order chi connectivity index (χ0) is 37.0. The normalized spacial score (nSPS) is 16.8. The Kier molecular flexibility index (Phi) is 6.51. The van der Waals surface area contributed by atoms with Gasteiger partial charge >= 0.3 is 198 Å². The minimum absolute atomic E-state index is 0.0351. The van der Waals surface area contributed by atoms with Crippen molar-refractivity contribution in [2.24, 2.45) is 6.98 Å². The molecule has 5 nitrogen and oxygen atoms in total. The van der Waals surface area contributed by atoms with Crippen molar-refractivity contribution >= 4 is 32.8 Å². The summed E-state index contributed by atoms with van der Waals surface area (Å²) in [6.45, 7) is 13.9. The molecule has 6 heteroatoms. The molecule has 8 rings (SSSR count). The molecule has 0 aliphatic heterocycles. The number of benzene rings is 4. The van der Waals surface area contributed by atoms with Crippen LogP contribution < -0.4 is 4.74 Å². The monoisotopic (exact) mass is 830 g/mol. The van der Waals surface area contributed by atoms with Gasteiger partial charge in [-0.25, -0.2) is 0 Å². The van der Waals surface area contributed by atoms with Crippen LogP contribution in [0, 0.1) is 3.80 Å². The molecule has 0 radical (unpaired) electrons. The molecule has 0 N–H and O–H groups in total. The Labute approximate surface area is 303 Å². The van der Waals surface area contributed by atoms with Gasteiger partial charge in [-0.15, -0.1) is 0 Å². The fraction of sp³-hybridized carbons (Fsp3) is 0.302. The molecule has 0 spiro atoms. The quantitative estimate of drug-likeness (QED) is 0.177. The van der Waals surface area contributed by atoms with Crippen LogP contribution in [0.2, 0.25) is 0 Å². The second-order valence-electron chi connectivity index (χ2n) is 15.9. The van der Waals surface area contributed by atoms with E-state index >= 15 is 0 Å². The van der Waals surface area contributed by atoms with Gasteiger partial charge in [0.05, 0.1) is 0 Å². The van der Waals surface area contributed by atoms with Gasteiger partial charge in [-0.1, -0.05) is 48.5 Å². The predicted octanol–water partition coefficient (Wildman–Crippen LogP) is 11.0. The van der Waals surface area contributed by atoms with E-state index in [1.54, 1.807) is 0 Å². The van der Waals surface area contributed by atoms with E-state index in [1.807, 2.05) is 65.4 Å². The second-order valence-corrected chi connectivity index (χ2v) is 16.9. The fourth-order valence-corrected chi connectivity index (χ4v) is 8.40. The number of hydrogen-bond acceptors (Lipinski definition) is 2. The first kappa shape index (κ1) is 28.6. The van der Waals surface area contributed by atoms with Gasteiger partial charge in [-0.2, -0.15) is 0 Å². The molecule has 0 amide bonds. The summed E-state index contributed by atoms with van der Waals surface area (Å²) >= 11 is 2.10. The topological polar surface area (TPSA) is 36.9 Å². The van der Waals surface area contributed by atoms with E-state index in [2.05, 4.69) is 109 Å². The molecular formula is C43H44N4OPt. The molecule has 3 heterocycles. The number of imidazole rings is 1. The van der Waals surface area contributed by atoms with Gasteiger partial charge in [0.25, 0.3) is 0 Å². The number of pyridine rings is 1. The predicted molar refractivity (Wildman–Crippen MR) is 198 cm³/mol. The number of fused-ring (bicyclic) bond motifs is 5. The summed E-state index contributed by atoms with van der Waals surface area (Å²) in [4.78, 5) is 4.96. The zero-order valence-corrected chi connectivity index (χ0v) is 31.4. The number of para-hydroxylation sites is 2. The Bertz CT molecular complexity index is 2620. The Morgan fingerprint density at radius 1 is 0.714 bits per heavy atom. The van der Waals surface area contributed by atoms with E-state index in [1.165, 1.54) is 26.6 Å². The van der Waals surface area contributed by atoms with Crippen LogP contribution in [0.25, 0.3) is 44.3 Å². The van der Waals surface area contributed by atoms with Gasteiger partial charge in [0.1, 0.15) is 0 Å². The Morgan fingerprint density at radius 2 is 1.41 bits per heavy atom. The Balaban J connectivity index is 1.30. The third-order valence-electron chi connectivity index (χ3n) is 10.6. The molecule has 1 aliphatic carbocycles. The molecule has 0 saturated heterocycles. The fourth-order valence-electron chi connectivity index (χ4n) is 7.56. The van der Waals surface area contributed by atoms with Crippen molar-refractivity contribution in [1.82, 2.24) is 18.7 Å². The molecule has 7 aromatic rings. The first-order chi connectivity index (χ1) is 24.4. The van der Waals surface area contributed by atoms with Crippen LogP contribution in [0.1, 0.15) is 82.1 Å². The van der Waals surface area contributed by atoms with E-state index in [0.717, 1.165) is 46.3 Å². The van der Waals surface area contributed by atoms with E-state index in [-0.39, 0.29) is 16.2 Å². The Hall–Kier alpha value is -4.21. The molecule has 49 heavy (non-hydrogen) atoms. The molecular weight excluding hydrogens is 784 g/mol. The minimum atomic E-state index is -2.32. The SMILES string of the molecule is [2H]C([2H])([2H])n1[c](=[Pt])n(-c2cccc(Oc3ccc4c5cc6c(cc5n(-c5cc(C(C)(C)C)ccn5)c4c3)C(C)(C)CCC6(C)C)c2)c2ccccc21. The van der Waals surface area contributed by atoms with E-state index < -0.39 is 6.98 Å². The first-order valence-electron chi connectivity index (χ1n) is 18.5. The zero-order valence-electron chi connectivity index (χ0n) is 32.2. The van der Waals surface area contributed by atoms with Crippen LogP contribution >= 0.6 is 0 Å². The van der Waals surface area contributed by atoms with Crippen molar-refractivity contribution < 1.29 is 28.2 Å². The number of nitrogens with zero attached hydrogens (tertiary/aromatic N) is 4. The van der Waals surface area contributed by atoms with Crippen LogP contribution in [-0.2, 0) is 42.6 Å². The van der Waals surface area contributed by atoms with Crippen LogP contribution in [-0.4, -0.2) is 18.7 Å². The summed E-state index contributed by atoms with van der Waals surface area (Å²) in [5, 5.41) is 2.37. The molecule has 252 valence electrons. The van der Waals surface area contributed by atoms with Gasteiger partial charge < -0.3 is 0 Å². The van der Waals surface area contributed by atoms with E-state index in [0.29, 0.717) is 20.8 Å². The van der Waals surface area contributed by atoms with Crippen LogP contribution in [0.3, 0.4) is 0 Å². The van der Waals surface area contributed by atoms with Gasteiger partial charge in [0, 0.05) is 6.20 Å². The van der Waals surface area contributed by atoms with Gasteiger partial charge in [0.2, 0.25) is 0 Å². The third-order valence-corrected chi connectivity index (χ3v) is 11.6. The number of ether oxygens (including phenoxy) is 1. The molecule has 0 saturated carbocycles.